The zero-order valence-electron chi connectivity index (χ0n) is 7.34. The second kappa shape index (κ2) is 4.35. The Morgan fingerprint density at radius 2 is 2.45 bits per heavy atom. The molecule has 0 N–H and O–H groups in total. The van der Waals surface area contributed by atoms with Gasteiger partial charge < -0.3 is 4.74 Å². The molecular weight excluding hydrogens is 136 g/mol. The molecule has 1 rings (SSSR count). The topological polar surface area (TPSA) is 9.23 Å². The quantitative estimate of drug-likeness (QED) is 0.604. The van der Waals surface area contributed by atoms with Crippen molar-refractivity contribution in [3.8, 4) is 0 Å². The lowest BCUT2D eigenvalue weighted by atomic mass is 9.95. The zero-order valence-corrected chi connectivity index (χ0v) is 7.34. The van der Waals surface area contributed by atoms with E-state index in [4.69, 9.17) is 4.74 Å². The maximum atomic E-state index is 5.02. The summed E-state index contributed by atoms with van der Waals surface area (Å²) in [4.78, 5) is 0. The van der Waals surface area contributed by atoms with Gasteiger partial charge in [-0.3, -0.25) is 0 Å². The summed E-state index contributed by atoms with van der Waals surface area (Å²) in [6.07, 6.45) is 9.11. The summed E-state index contributed by atoms with van der Waals surface area (Å²) >= 11 is 0. The first-order chi connectivity index (χ1) is 5.33. The molecule has 0 aromatic carbocycles. The van der Waals surface area contributed by atoms with Gasteiger partial charge in [0.25, 0.3) is 0 Å². The van der Waals surface area contributed by atoms with Gasteiger partial charge in [-0.15, -0.1) is 0 Å². The number of ether oxygens (including phenoxy) is 1. The lowest BCUT2D eigenvalue weighted by molar-refractivity contribution is 0.184. The zero-order chi connectivity index (χ0) is 8.10. The summed E-state index contributed by atoms with van der Waals surface area (Å²) in [6.45, 7) is 3.02. The average Bonchev–Trinajstić information content (AvgIpc) is 2.04. The highest BCUT2D eigenvalue weighted by atomic mass is 16.5. The van der Waals surface area contributed by atoms with Crippen LogP contribution in [0.15, 0.2) is 23.8 Å². The fourth-order valence-electron chi connectivity index (χ4n) is 1.26. The SMILES string of the molecule is COCCC1C=CC(C)=CC1. The van der Waals surface area contributed by atoms with Gasteiger partial charge in [-0.2, -0.15) is 0 Å². The summed E-state index contributed by atoms with van der Waals surface area (Å²) in [7, 11) is 1.76. The standard InChI is InChI=1S/C10H16O/c1-9-3-5-10(6-4-9)7-8-11-2/h3-5,10H,6-8H2,1-2H3. The van der Waals surface area contributed by atoms with Gasteiger partial charge in [-0.1, -0.05) is 23.8 Å². The van der Waals surface area contributed by atoms with Crippen molar-refractivity contribution in [2.75, 3.05) is 13.7 Å². The van der Waals surface area contributed by atoms with Crippen LogP contribution in [-0.4, -0.2) is 13.7 Å². The molecule has 0 aliphatic heterocycles. The van der Waals surface area contributed by atoms with E-state index < -0.39 is 0 Å². The van der Waals surface area contributed by atoms with Crippen LogP contribution in [0.3, 0.4) is 0 Å². The van der Waals surface area contributed by atoms with Gasteiger partial charge in [0, 0.05) is 13.7 Å². The van der Waals surface area contributed by atoms with Gasteiger partial charge in [-0.25, -0.2) is 0 Å². The summed E-state index contributed by atoms with van der Waals surface area (Å²) in [5.41, 5.74) is 1.39. The molecule has 1 atom stereocenters. The first kappa shape index (κ1) is 8.54. The van der Waals surface area contributed by atoms with Crippen LogP contribution in [0.1, 0.15) is 19.8 Å². The van der Waals surface area contributed by atoms with Crippen molar-refractivity contribution in [1.82, 2.24) is 0 Å². The Kier molecular flexibility index (Phi) is 3.37. The summed E-state index contributed by atoms with van der Waals surface area (Å²) < 4.78 is 5.02. The van der Waals surface area contributed by atoms with Crippen LogP contribution < -0.4 is 0 Å². The number of rotatable bonds is 3. The molecule has 0 aromatic heterocycles. The third-order valence-corrected chi connectivity index (χ3v) is 2.07. The minimum Gasteiger partial charge on any atom is -0.385 e. The molecule has 1 nitrogen and oxygen atoms in total. The van der Waals surface area contributed by atoms with Crippen molar-refractivity contribution in [3.05, 3.63) is 23.8 Å². The van der Waals surface area contributed by atoms with Gasteiger partial charge >= 0.3 is 0 Å². The number of allylic oxidation sites excluding steroid dienone is 4. The van der Waals surface area contributed by atoms with Gasteiger partial charge in [0.2, 0.25) is 0 Å². The smallest absolute Gasteiger partial charge is 0.0467 e. The molecule has 1 aliphatic rings. The van der Waals surface area contributed by atoms with Crippen LogP contribution >= 0.6 is 0 Å². The van der Waals surface area contributed by atoms with Crippen LogP contribution in [-0.2, 0) is 4.74 Å². The molecule has 1 unspecified atom stereocenters. The third kappa shape index (κ3) is 2.89. The first-order valence-corrected chi connectivity index (χ1v) is 4.17. The Hall–Kier alpha value is -0.560. The Morgan fingerprint density at radius 3 is 3.00 bits per heavy atom. The highest BCUT2D eigenvalue weighted by Gasteiger charge is 2.05. The van der Waals surface area contributed by atoms with E-state index in [9.17, 15) is 0 Å². The maximum Gasteiger partial charge on any atom is 0.0467 e. The third-order valence-electron chi connectivity index (χ3n) is 2.07. The van der Waals surface area contributed by atoms with Crippen LogP contribution in [0.25, 0.3) is 0 Å². The normalized spacial score (nSPS) is 23.5. The maximum absolute atomic E-state index is 5.02. The fourth-order valence-corrected chi connectivity index (χ4v) is 1.26. The molecule has 0 saturated carbocycles. The lowest BCUT2D eigenvalue weighted by Gasteiger charge is -2.13. The molecule has 0 spiro atoms. The Labute approximate surface area is 68.8 Å². The minimum absolute atomic E-state index is 0.707. The molecule has 0 radical (unpaired) electrons. The van der Waals surface area contributed by atoms with Crippen LogP contribution in [0, 0.1) is 5.92 Å². The molecule has 0 heterocycles. The molecule has 62 valence electrons. The molecule has 0 amide bonds. The van der Waals surface area contributed by atoms with Crippen LogP contribution in [0.2, 0.25) is 0 Å². The van der Waals surface area contributed by atoms with Crippen molar-refractivity contribution in [2.45, 2.75) is 19.8 Å². The predicted octanol–water partition coefficient (Wildman–Crippen LogP) is 2.55. The number of hydrogen-bond donors (Lipinski definition) is 0. The summed E-state index contributed by atoms with van der Waals surface area (Å²) in [6, 6.07) is 0. The van der Waals surface area contributed by atoms with Crippen molar-refractivity contribution in [2.24, 2.45) is 5.92 Å². The van der Waals surface area contributed by atoms with E-state index >= 15 is 0 Å². The van der Waals surface area contributed by atoms with Crippen LogP contribution in [0.5, 0.6) is 0 Å². The Bertz CT molecular complexity index is 168. The molecule has 0 saturated heterocycles. The van der Waals surface area contributed by atoms with Gasteiger partial charge in [0.15, 0.2) is 0 Å². The van der Waals surface area contributed by atoms with Gasteiger partial charge in [-0.05, 0) is 25.7 Å². The molecular formula is C10H16O. The Balaban J connectivity index is 2.25. The molecule has 1 aliphatic carbocycles. The molecule has 0 bridgehead atoms. The molecule has 11 heavy (non-hydrogen) atoms. The molecule has 0 fully saturated rings. The van der Waals surface area contributed by atoms with E-state index in [-0.39, 0.29) is 0 Å². The minimum atomic E-state index is 0.707. The second-order valence-corrected chi connectivity index (χ2v) is 3.08. The van der Waals surface area contributed by atoms with Crippen LogP contribution in [0.4, 0.5) is 0 Å². The largest absolute Gasteiger partial charge is 0.385 e. The monoisotopic (exact) mass is 152 g/mol. The second-order valence-electron chi connectivity index (χ2n) is 3.08. The van der Waals surface area contributed by atoms with E-state index in [0.29, 0.717) is 5.92 Å². The van der Waals surface area contributed by atoms with E-state index in [1.807, 2.05) is 0 Å². The van der Waals surface area contributed by atoms with E-state index in [0.717, 1.165) is 13.0 Å². The van der Waals surface area contributed by atoms with Crippen molar-refractivity contribution in [1.29, 1.82) is 0 Å². The van der Waals surface area contributed by atoms with E-state index in [2.05, 4.69) is 25.2 Å². The first-order valence-electron chi connectivity index (χ1n) is 4.17. The van der Waals surface area contributed by atoms with E-state index in [1.54, 1.807) is 7.11 Å². The molecule has 0 aromatic rings. The molecule has 1 heteroatoms. The van der Waals surface area contributed by atoms with Gasteiger partial charge in [0.1, 0.15) is 0 Å². The van der Waals surface area contributed by atoms with Crippen molar-refractivity contribution < 1.29 is 4.74 Å². The average molecular weight is 152 g/mol. The highest BCUT2D eigenvalue weighted by molar-refractivity contribution is 5.21. The van der Waals surface area contributed by atoms with Gasteiger partial charge in [0.05, 0.1) is 0 Å². The number of hydrogen-bond acceptors (Lipinski definition) is 1. The summed E-state index contributed by atoms with van der Waals surface area (Å²) in [5, 5.41) is 0. The Morgan fingerprint density at radius 1 is 1.64 bits per heavy atom. The predicted molar refractivity (Wildman–Crippen MR) is 47.5 cm³/mol. The lowest BCUT2D eigenvalue weighted by Crippen LogP contribution is -2.02. The fraction of sp³-hybridized carbons (Fsp3) is 0.600. The van der Waals surface area contributed by atoms with Crippen molar-refractivity contribution >= 4 is 0 Å². The number of methoxy groups -OCH3 is 1. The van der Waals surface area contributed by atoms with E-state index in [1.165, 1.54) is 12.0 Å². The highest BCUT2D eigenvalue weighted by Crippen LogP contribution is 2.18. The summed E-state index contributed by atoms with van der Waals surface area (Å²) in [5.74, 6) is 0.707. The van der Waals surface area contributed by atoms with Crippen molar-refractivity contribution in [3.63, 3.8) is 0 Å².